The van der Waals surface area contributed by atoms with Crippen molar-refractivity contribution in [3.63, 3.8) is 0 Å². The molecule has 5 nitrogen and oxygen atoms in total. The van der Waals surface area contributed by atoms with Crippen molar-refractivity contribution < 1.29 is 9.90 Å². The topological polar surface area (TPSA) is 67.1 Å². The fourth-order valence-corrected chi connectivity index (χ4v) is 2.47. The van der Waals surface area contributed by atoms with E-state index in [0.717, 1.165) is 36.5 Å². The van der Waals surface area contributed by atoms with Crippen LogP contribution in [0.15, 0.2) is 24.3 Å². The van der Waals surface area contributed by atoms with Gasteiger partial charge in [0.2, 0.25) is 0 Å². The van der Waals surface area contributed by atoms with Gasteiger partial charge in [0, 0.05) is 18.7 Å². The number of carboxylic acids is 1. The number of nitrogens with zero attached hydrogens (tertiary/aromatic N) is 2. The van der Waals surface area contributed by atoms with E-state index >= 15 is 0 Å². The molecule has 0 unspecified atom stereocenters. The first-order valence-electron chi connectivity index (χ1n) is 6.32. The molecule has 3 rings (SSSR count). The number of hydrogen-bond donors (Lipinski definition) is 2. The van der Waals surface area contributed by atoms with Crippen LogP contribution in [0.2, 0.25) is 0 Å². The van der Waals surface area contributed by atoms with Gasteiger partial charge in [-0.25, -0.2) is 9.78 Å². The highest BCUT2D eigenvalue weighted by atomic mass is 16.4. The second kappa shape index (κ2) is 4.42. The first-order chi connectivity index (χ1) is 9.18. The lowest BCUT2D eigenvalue weighted by molar-refractivity contribution is 0.0692. The van der Waals surface area contributed by atoms with Gasteiger partial charge in [-0.2, -0.15) is 0 Å². The number of rotatable bonds is 2. The fourth-order valence-electron chi connectivity index (χ4n) is 2.47. The summed E-state index contributed by atoms with van der Waals surface area (Å²) in [5.74, 6) is 0.368. The average Bonchev–Trinajstić information content (AvgIpc) is 2.79. The van der Waals surface area contributed by atoms with E-state index < -0.39 is 5.97 Å². The van der Waals surface area contributed by atoms with Crippen LogP contribution in [-0.2, 0) is 6.54 Å². The summed E-state index contributed by atoms with van der Waals surface area (Å²) in [5, 5.41) is 12.4. The molecule has 0 bridgehead atoms. The van der Waals surface area contributed by atoms with E-state index in [4.69, 9.17) is 0 Å². The second-order valence-electron chi connectivity index (χ2n) is 4.68. The number of carboxylic acid groups (broad SMARTS) is 1. The van der Waals surface area contributed by atoms with Crippen molar-refractivity contribution >= 4 is 11.8 Å². The monoisotopic (exact) mass is 257 g/mol. The molecular weight excluding hydrogens is 242 g/mol. The minimum Gasteiger partial charge on any atom is -0.476 e. The lowest BCUT2D eigenvalue weighted by Crippen LogP contribution is -2.19. The molecule has 1 aromatic carbocycles. The van der Waals surface area contributed by atoms with Crippen molar-refractivity contribution in [3.8, 4) is 11.4 Å². The molecule has 0 atom stereocenters. The summed E-state index contributed by atoms with van der Waals surface area (Å²) in [5.41, 5.74) is 2.19. The molecule has 1 aromatic heterocycles. The van der Waals surface area contributed by atoms with E-state index in [1.807, 2.05) is 35.8 Å². The van der Waals surface area contributed by atoms with Gasteiger partial charge < -0.3 is 15.0 Å². The summed E-state index contributed by atoms with van der Waals surface area (Å²) in [6, 6.07) is 7.90. The molecule has 2 aromatic rings. The van der Waals surface area contributed by atoms with E-state index in [0.29, 0.717) is 5.82 Å². The van der Waals surface area contributed by atoms with Gasteiger partial charge >= 0.3 is 5.97 Å². The lowest BCUT2D eigenvalue weighted by atomic mass is 10.1. The van der Waals surface area contributed by atoms with Gasteiger partial charge in [0.05, 0.1) is 0 Å². The molecule has 0 fully saturated rings. The molecule has 1 aliphatic rings. The number of aryl methyl sites for hydroxylation is 1. The van der Waals surface area contributed by atoms with Gasteiger partial charge in [0.15, 0.2) is 5.69 Å². The molecule has 0 radical (unpaired) electrons. The first kappa shape index (κ1) is 11.8. The summed E-state index contributed by atoms with van der Waals surface area (Å²) in [6.07, 6.45) is 0.974. The molecule has 2 N–H and O–H groups in total. The van der Waals surface area contributed by atoms with Crippen LogP contribution in [0.4, 0.5) is 5.82 Å². The fraction of sp³-hybridized carbons (Fsp3) is 0.286. The van der Waals surface area contributed by atoms with Crippen molar-refractivity contribution in [2.75, 3.05) is 11.9 Å². The standard InChI is InChI=1S/C14H15N3O2/c1-9-5-2-3-6-10(9)12-16-11(14(18)19)13-15-7-4-8-17(12)13/h2-3,5-6,15H,4,7-8H2,1H3,(H,18,19). The normalized spacial score (nSPS) is 13.7. The van der Waals surface area contributed by atoms with Crippen molar-refractivity contribution in [2.24, 2.45) is 0 Å². The Hall–Kier alpha value is -2.30. The summed E-state index contributed by atoms with van der Waals surface area (Å²) >= 11 is 0. The van der Waals surface area contributed by atoms with Gasteiger partial charge in [-0.3, -0.25) is 0 Å². The van der Waals surface area contributed by atoms with Crippen molar-refractivity contribution in [3.05, 3.63) is 35.5 Å². The maximum absolute atomic E-state index is 11.3. The smallest absolute Gasteiger partial charge is 0.358 e. The SMILES string of the molecule is Cc1ccccc1-c1nc(C(=O)O)c2n1CCCN2. The minimum atomic E-state index is -0.988. The zero-order chi connectivity index (χ0) is 13.4. The molecule has 19 heavy (non-hydrogen) atoms. The van der Waals surface area contributed by atoms with Gasteiger partial charge in [-0.15, -0.1) is 0 Å². The Morgan fingerprint density at radius 3 is 2.95 bits per heavy atom. The minimum absolute atomic E-state index is 0.109. The van der Waals surface area contributed by atoms with Crippen LogP contribution < -0.4 is 5.32 Å². The Balaban J connectivity index is 2.22. The number of benzene rings is 1. The molecule has 0 aliphatic carbocycles. The Morgan fingerprint density at radius 2 is 2.21 bits per heavy atom. The number of nitrogens with one attached hydrogen (secondary N) is 1. The van der Waals surface area contributed by atoms with Gasteiger partial charge in [0.25, 0.3) is 0 Å². The highest BCUT2D eigenvalue weighted by molar-refractivity contribution is 5.92. The third kappa shape index (κ3) is 1.87. The Kier molecular flexibility index (Phi) is 2.74. The molecule has 0 saturated carbocycles. The van der Waals surface area contributed by atoms with Crippen LogP contribution in [0.5, 0.6) is 0 Å². The van der Waals surface area contributed by atoms with Crippen LogP contribution in [-0.4, -0.2) is 27.2 Å². The van der Waals surface area contributed by atoms with Crippen LogP contribution in [0, 0.1) is 6.92 Å². The summed E-state index contributed by atoms with van der Waals surface area (Å²) in [6.45, 7) is 3.60. The van der Waals surface area contributed by atoms with E-state index in [9.17, 15) is 9.90 Å². The number of imidazole rings is 1. The number of aromatic carboxylic acids is 1. The molecule has 2 heterocycles. The van der Waals surface area contributed by atoms with Crippen LogP contribution in [0.3, 0.4) is 0 Å². The highest BCUT2D eigenvalue weighted by Crippen LogP contribution is 2.30. The van der Waals surface area contributed by atoms with Gasteiger partial charge in [-0.1, -0.05) is 24.3 Å². The van der Waals surface area contributed by atoms with Crippen LogP contribution >= 0.6 is 0 Å². The molecular formula is C14H15N3O2. The Labute approximate surface area is 110 Å². The van der Waals surface area contributed by atoms with Crippen LogP contribution in [0.1, 0.15) is 22.5 Å². The molecule has 0 amide bonds. The van der Waals surface area contributed by atoms with E-state index in [-0.39, 0.29) is 5.69 Å². The van der Waals surface area contributed by atoms with Gasteiger partial charge in [0.1, 0.15) is 11.6 Å². The van der Waals surface area contributed by atoms with Gasteiger partial charge in [-0.05, 0) is 18.9 Å². The molecule has 0 saturated heterocycles. The maximum Gasteiger partial charge on any atom is 0.358 e. The molecule has 5 heteroatoms. The quantitative estimate of drug-likeness (QED) is 0.866. The zero-order valence-electron chi connectivity index (χ0n) is 10.7. The van der Waals surface area contributed by atoms with E-state index in [1.54, 1.807) is 0 Å². The first-order valence-corrected chi connectivity index (χ1v) is 6.32. The largest absolute Gasteiger partial charge is 0.476 e. The number of carbonyl (C=O) groups is 1. The second-order valence-corrected chi connectivity index (χ2v) is 4.68. The summed E-state index contributed by atoms with van der Waals surface area (Å²) < 4.78 is 1.97. The predicted octanol–water partition coefficient (Wildman–Crippen LogP) is 2.37. The zero-order valence-corrected chi connectivity index (χ0v) is 10.7. The number of anilines is 1. The summed E-state index contributed by atoms with van der Waals surface area (Å²) in [4.78, 5) is 15.6. The van der Waals surface area contributed by atoms with Crippen molar-refractivity contribution in [2.45, 2.75) is 19.9 Å². The number of hydrogen-bond acceptors (Lipinski definition) is 3. The number of aromatic nitrogens is 2. The highest BCUT2D eigenvalue weighted by Gasteiger charge is 2.25. The lowest BCUT2D eigenvalue weighted by Gasteiger charge is -2.19. The Morgan fingerprint density at radius 1 is 1.42 bits per heavy atom. The average molecular weight is 257 g/mol. The van der Waals surface area contributed by atoms with Crippen LogP contribution in [0.25, 0.3) is 11.4 Å². The third-order valence-corrected chi connectivity index (χ3v) is 3.41. The number of fused-ring (bicyclic) bond motifs is 1. The molecule has 0 spiro atoms. The van der Waals surface area contributed by atoms with Crippen molar-refractivity contribution in [1.29, 1.82) is 0 Å². The predicted molar refractivity (Wildman–Crippen MR) is 72.5 cm³/mol. The molecule has 1 aliphatic heterocycles. The van der Waals surface area contributed by atoms with E-state index in [1.165, 1.54) is 0 Å². The summed E-state index contributed by atoms with van der Waals surface area (Å²) in [7, 11) is 0. The molecule has 98 valence electrons. The van der Waals surface area contributed by atoms with Crippen molar-refractivity contribution in [1.82, 2.24) is 9.55 Å². The van der Waals surface area contributed by atoms with E-state index in [2.05, 4.69) is 10.3 Å². The Bertz CT molecular complexity index is 646. The maximum atomic E-state index is 11.3. The third-order valence-electron chi connectivity index (χ3n) is 3.41.